The summed E-state index contributed by atoms with van der Waals surface area (Å²) in [6.07, 6.45) is 2.63. The zero-order valence-electron chi connectivity index (χ0n) is 15.7. The summed E-state index contributed by atoms with van der Waals surface area (Å²) in [4.78, 5) is 18.6. The van der Waals surface area contributed by atoms with Crippen molar-refractivity contribution >= 4 is 27.2 Å². The van der Waals surface area contributed by atoms with Gasteiger partial charge < -0.3 is 10.2 Å². The van der Waals surface area contributed by atoms with Gasteiger partial charge in [0.2, 0.25) is 5.91 Å². The van der Waals surface area contributed by atoms with Gasteiger partial charge in [-0.2, -0.15) is 0 Å². The Morgan fingerprint density at radius 3 is 2.52 bits per heavy atom. The van der Waals surface area contributed by atoms with Gasteiger partial charge in [0.05, 0.1) is 29.8 Å². The highest BCUT2D eigenvalue weighted by Gasteiger charge is 2.31. The van der Waals surface area contributed by atoms with Crippen molar-refractivity contribution in [2.75, 3.05) is 28.3 Å². The number of hydrogen-bond acceptors (Lipinski definition) is 5. The third-order valence-corrected chi connectivity index (χ3v) is 6.57. The largest absolute Gasteiger partial charge is 0.367 e. The van der Waals surface area contributed by atoms with Crippen LogP contribution in [-0.4, -0.2) is 43.4 Å². The van der Waals surface area contributed by atoms with Gasteiger partial charge in [-0.3, -0.25) is 4.79 Å². The molecule has 1 atom stereocenters. The van der Waals surface area contributed by atoms with Gasteiger partial charge in [-0.15, -0.1) is 0 Å². The Labute approximate surface area is 160 Å². The molecule has 1 saturated heterocycles. The molecule has 1 aromatic heterocycles. The average Bonchev–Trinajstić information content (AvgIpc) is 2.99. The fourth-order valence-corrected chi connectivity index (χ4v) is 5.11. The van der Waals surface area contributed by atoms with Crippen molar-refractivity contribution in [2.24, 2.45) is 0 Å². The summed E-state index contributed by atoms with van der Waals surface area (Å²) >= 11 is 0. The maximum atomic E-state index is 12.2. The first kappa shape index (κ1) is 19.4. The van der Waals surface area contributed by atoms with Crippen LogP contribution in [-0.2, 0) is 21.1 Å². The molecule has 1 amide bonds. The molecule has 7 heteroatoms. The summed E-state index contributed by atoms with van der Waals surface area (Å²) in [5, 5.41) is 2.81. The van der Waals surface area contributed by atoms with Crippen molar-refractivity contribution in [1.82, 2.24) is 4.98 Å². The van der Waals surface area contributed by atoms with Gasteiger partial charge in [-0.25, -0.2) is 13.4 Å². The molecule has 0 radical (unpaired) electrons. The van der Waals surface area contributed by atoms with Crippen molar-refractivity contribution < 1.29 is 13.2 Å². The van der Waals surface area contributed by atoms with E-state index in [0.29, 0.717) is 25.2 Å². The Bertz CT molecular complexity index is 893. The van der Waals surface area contributed by atoms with Gasteiger partial charge in [0.1, 0.15) is 5.82 Å². The number of sulfone groups is 1. The molecule has 1 aliphatic heterocycles. The lowest BCUT2D eigenvalue weighted by molar-refractivity contribution is -0.115. The van der Waals surface area contributed by atoms with Crippen molar-refractivity contribution in [3.8, 4) is 0 Å². The summed E-state index contributed by atoms with van der Waals surface area (Å²) in [5.41, 5.74) is 2.98. The van der Waals surface area contributed by atoms with E-state index in [0.717, 1.165) is 16.8 Å². The molecule has 27 heavy (non-hydrogen) atoms. The maximum Gasteiger partial charge on any atom is 0.229 e. The third-order valence-electron chi connectivity index (χ3n) is 4.82. The second-order valence-corrected chi connectivity index (χ2v) is 9.18. The monoisotopic (exact) mass is 387 g/mol. The van der Waals surface area contributed by atoms with Crippen LogP contribution in [0.3, 0.4) is 0 Å². The lowest BCUT2D eigenvalue weighted by Gasteiger charge is -2.28. The van der Waals surface area contributed by atoms with Gasteiger partial charge >= 0.3 is 0 Å². The number of pyridine rings is 1. The molecule has 1 aliphatic rings. The molecule has 2 aromatic rings. The highest BCUT2D eigenvalue weighted by molar-refractivity contribution is 7.91. The highest BCUT2D eigenvalue weighted by atomic mass is 32.2. The Morgan fingerprint density at radius 2 is 1.96 bits per heavy atom. The second kappa shape index (κ2) is 8.08. The molecule has 0 saturated carbocycles. The molecule has 144 valence electrons. The van der Waals surface area contributed by atoms with Crippen LogP contribution < -0.4 is 10.2 Å². The van der Waals surface area contributed by atoms with Crippen LogP contribution in [0, 0.1) is 6.92 Å². The summed E-state index contributed by atoms with van der Waals surface area (Å²) in [5.74, 6) is 0.809. The lowest BCUT2D eigenvalue weighted by Crippen LogP contribution is -2.36. The van der Waals surface area contributed by atoms with E-state index in [1.807, 2.05) is 44.2 Å². The number of benzene rings is 1. The summed E-state index contributed by atoms with van der Waals surface area (Å²) in [7, 11) is -2.93. The Kier molecular flexibility index (Phi) is 5.79. The number of aromatic nitrogens is 1. The van der Waals surface area contributed by atoms with Gasteiger partial charge in [0.15, 0.2) is 9.84 Å². The Hall–Kier alpha value is -2.41. The van der Waals surface area contributed by atoms with E-state index in [2.05, 4.69) is 15.2 Å². The van der Waals surface area contributed by atoms with E-state index in [9.17, 15) is 13.2 Å². The molecule has 1 fully saturated rings. The van der Waals surface area contributed by atoms with Crippen LogP contribution in [0.15, 0.2) is 42.6 Å². The van der Waals surface area contributed by atoms with Gasteiger partial charge in [-0.1, -0.05) is 29.8 Å². The summed E-state index contributed by atoms with van der Waals surface area (Å²) in [6, 6.07) is 11.5. The normalized spacial score (nSPS) is 18.2. The van der Waals surface area contributed by atoms with Gasteiger partial charge in [0, 0.05) is 12.6 Å². The van der Waals surface area contributed by atoms with Crippen LogP contribution >= 0.6 is 0 Å². The zero-order chi connectivity index (χ0) is 19.4. The number of anilines is 2. The van der Waals surface area contributed by atoms with Crippen LogP contribution in [0.25, 0.3) is 0 Å². The van der Waals surface area contributed by atoms with Crippen molar-refractivity contribution in [3.05, 3.63) is 53.7 Å². The summed E-state index contributed by atoms with van der Waals surface area (Å²) in [6.45, 7) is 4.72. The van der Waals surface area contributed by atoms with Gasteiger partial charge in [0.25, 0.3) is 0 Å². The zero-order valence-corrected chi connectivity index (χ0v) is 16.5. The van der Waals surface area contributed by atoms with E-state index in [4.69, 9.17) is 0 Å². The Morgan fingerprint density at radius 1 is 1.22 bits per heavy atom. The number of rotatable bonds is 6. The fourth-order valence-electron chi connectivity index (χ4n) is 3.38. The highest BCUT2D eigenvalue weighted by Crippen LogP contribution is 2.24. The summed E-state index contributed by atoms with van der Waals surface area (Å²) < 4.78 is 23.5. The predicted molar refractivity (Wildman–Crippen MR) is 108 cm³/mol. The van der Waals surface area contributed by atoms with Gasteiger partial charge in [-0.05, 0) is 38.0 Å². The van der Waals surface area contributed by atoms with Crippen molar-refractivity contribution in [1.29, 1.82) is 0 Å². The lowest BCUT2D eigenvalue weighted by atomic mass is 10.1. The van der Waals surface area contributed by atoms with E-state index in [-0.39, 0.29) is 23.5 Å². The molecule has 0 bridgehead atoms. The molecule has 0 aliphatic carbocycles. The molecule has 1 N–H and O–H groups in total. The minimum Gasteiger partial charge on any atom is -0.367 e. The number of nitrogens with zero attached hydrogens (tertiary/aromatic N) is 2. The smallest absolute Gasteiger partial charge is 0.229 e. The average molecular weight is 388 g/mol. The van der Waals surface area contributed by atoms with Crippen LogP contribution in [0.2, 0.25) is 0 Å². The third kappa shape index (κ3) is 5.07. The van der Waals surface area contributed by atoms with Crippen molar-refractivity contribution in [2.45, 2.75) is 32.7 Å². The topological polar surface area (TPSA) is 79.4 Å². The van der Waals surface area contributed by atoms with Crippen LogP contribution in [0.1, 0.15) is 24.5 Å². The molecule has 2 heterocycles. The number of carbonyl (C=O) groups is 1. The number of hydrogen-bond donors (Lipinski definition) is 1. The minimum atomic E-state index is -2.93. The molecule has 1 aromatic carbocycles. The van der Waals surface area contributed by atoms with E-state index in [1.54, 1.807) is 12.3 Å². The number of aryl methyl sites for hydroxylation is 1. The SMILES string of the molecule is CCN(c1ccc(NC(=O)Cc2ccc(C)cc2)nc1)C1CCS(=O)(=O)C1. The maximum absolute atomic E-state index is 12.2. The van der Waals surface area contributed by atoms with E-state index >= 15 is 0 Å². The van der Waals surface area contributed by atoms with E-state index < -0.39 is 9.84 Å². The standard InChI is InChI=1S/C20H25N3O3S/c1-3-23(18-10-11-27(25,26)14-18)17-8-9-19(21-13-17)22-20(24)12-16-6-4-15(2)5-7-16/h4-9,13,18H,3,10-12,14H2,1-2H3,(H,21,22,24). The number of nitrogens with one attached hydrogen (secondary N) is 1. The Balaban J connectivity index is 1.62. The number of carbonyl (C=O) groups excluding carboxylic acids is 1. The molecule has 3 rings (SSSR count). The molecular formula is C20H25N3O3S. The van der Waals surface area contributed by atoms with Crippen LogP contribution in [0.5, 0.6) is 0 Å². The molecular weight excluding hydrogens is 362 g/mol. The second-order valence-electron chi connectivity index (χ2n) is 6.96. The first-order chi connectivity index (χ1) is 12.9. The number of amides is 1. The first-order valence-electron chi connectivity index (χ1n) is 9.15. The predicted octanol–water partition coefficient (Wildman–Crippen LogP) is 2.58. The van der Waals surface area contributed by atoms with Crippen LogP contribution in [0.4, 0.5) is 11.5 Å². The first-order valence-corrected chi connectivity index (χ1v) is 11.0. The fraction of sp³-hybridized carbons (Fsp3) is 0.400. The molecule has 6 nitrogen and oxygen atoms in total. The molecule has 1 unspecified atom stereocenters. The van der Waals surface area contributed by atoms with E-state index in [1.165, 1.54) is 0 Å². The molecule has 0 spiro atoms. The van der Waals surface area contributed by atoms with Crippen molar-refractivity contribution in [3.63, 3.8) is 0 Å². The quantitative estimate of drug-likeness (QED) is 0.824. The minimum absolute atomic E-state index is 0.0104.